The van der Waals surface area contributed by atoms with Crippen molar-refractivity contribution in [2.45, 2.75) is 19.8 Å². The molecule has 0 aliphatic carbocycles. The van der Waals surface area contributed by atoms with Crippen LogP contribution in [0.3, 0.4) is 0 Å². The summed E-state index contributed by atoms with van der Waals surface area (Å²) in [5.74, 6) is -0.670. The highest BCUT2D eigenvalue weighted by molar-refractivity contribution is 7.89. The number of halogens is 1. The number of rotatable bonds is 8. The molecule has 1 aliphatic rings. The number of nitrogens with one attached hydrogen (secondary N) is 1. The summed E-state index contributed by atoms with van der Waals surface area (Å²) in [4.78, 5) is 16.5. The van der Waals surface area contributed by atoms with Gasteiger partial charge in [0.15, 0.2) is 5.69 Å². The van der Waals surface area contributed by atoms with Crippen LogP contribution in [-0.4, -0.2) is 55.7 Å². The first-order chi connectivity index (χ1) is 13.9. The molecule has 1 N–H and O–H groups in total. The first kappa shape index (κ1) is 21.2. The van der Waals surface area contributed by atoms with Crippen molar-refractivity contribution in [3.05, 3.63) is 59.2 Å². The molecule has 7 nitrogen and oxygen atoms in total. The molecule has 9 heteroatoms. The zero-order valence-electron chi connectivity index (χ0n) is 16.2. The Balaban J connectivity index is 1.75. The third kappa shape index (κ3) is 5.51. The average Bonchev–Trinajstić information content (AvgIpc) is 3.02. The Labute approximate surface area is 169 Å². The van der Waals surface area contributed by atoms with Crippen molar-refractivity contribution in [3.63, 3.8) is 0 Å². The van der Waals surface area contributed by atoms with Gasteiger partial charge in [0.25, 0.3) is 0 Å². The number of ether oxygens (including phenoxy) is 1. The number of carbonyl (C=O) groups excluding carboxylic acids is 1. The van der Waals surface area contributed by atoms with E-state index >= 15 is 0 Å². The summed E-state index contributed by atoms with van der Waals surface area (Å²) >= 11 is 0. The van der Waals surface area contributed by atoms with Crippen LogP contribution in [0.5, 0.6) is 0 Å². The van der Waals surface area contributed by atoms with Crippen LogP contribution in [-0.2, 0) is 21.2 Å². The minimum atomic E-state index is -3.17. The minimum Gasteiger partial charge on any atom is -0.461 e. The second kappa shape index (κ2) is 9.32. The zero-order chi connectivity index (χ0) is 20.9. The van der Waals surface area contributed by atoms with E-state index in [1.165, 1.54) is 16.4 Å². The standard InChI is InChI=1S/C20H24FN3O4S/c1-2-28-20(25)19-18(22-8-10-24-9-3-11-29(24,26)27)13-16(14-23-19)12-15-4-6-17(21)7-5-15/h4-7,13-14,22H,2-3,8-12H2,1H3. The Hall–Kier alpha value is -2.52. The van der Waals surface area contributed by atoms with Crippen LogP contribution in [0.15, 0.2) is 36.5 Å². The van der Waals surface area contributed by atoms with Gasteiger partial charge >= 0.3 is 5.97 Å². The van der Waals surface area contributed by atoms with Gasteiger partial charge in [-0.15, -0.1) is 0 Å². The fraction of sp³-hybridized carbons (Fsp3) is 0.400. The summed E-state index contributed by atoms with van der Waals surface area (Å²) in [7, 11) is -3.17. The lowest BCUT2D eigenvalue weighted by atomic mass is 10.1. The van der Waals surface area contributed by atoms with Crippen LogP contribution in [0, 0.1) is 5.82 Å². The molecule has 0 atom stereocenters. The van der Waals surface area contributed by atoms with Crippen LogP contribution in [0.4, 0.5) is 10.1 Å². The molecule has 1 aromatic heterocycles. The van der Waals surface area contributed by atoms with E-state index in [9.17, 15) is 17.6 Å². The molecular formula is C20H24FN3O4S. The molecule has 0 bridgehead atoms. The van der Waals surface area contributed by atoms with E-state index in [0.717, 1.165) is 11.1 Å². The van der Waals surface area contributed by atoms with Gasteiger partial charge in [-0.1, -0.05) is 12.1 Å². The van der Waals surface area contributed by atoms with E-state index in [1.54, 1.807) is 31.3 Å². The number of aromatic nitrogens is 1. The molecule has 0 amide bonds. The number of hydrogen-bond acceptors (Lipinski definition) is 6. The maximum absolute atomic E-state index is 13.1. The molecule has 3 rings (SSSR count). The van der Waals surface area contributed by atoms with Gasteiger partial charge in [-0.3, -0.25) is 0 Å². The molecule has 1 aliphatic heterocycles. The summed E-state index contributed by atoms with van der Waals surface area (Å²) in [5, 5.41) is 3.12. The highest BCUT2D eigenvalue weighted by Crippen LogP contribution is 2.20. The van der Waals surface area contributed by atoms with Crippen molar-refractivity contribution in [2.75, 3.05) is 37.3 Å². The lowest BCUT2D eigenvalue weighted by Crippen LogP contribution is -2.31. The molecule has 2 aromatic rings. The van der Waals surface area contributed by atoms with Crippen molar-refractivity contribution in [3.8, 4) is 0 Å². The monoisotopic (exact) mass is 421 g/mol. The van der Waals surface area contributed by atoms with Crippen molar-refractivity contribution in [1.82, 2.24) is 9.29 Å². The van der Waals surface area contributed by atoms with E-state index in [-0.39, 0.29) is 23.9 Å². The van der Waals surface area contributed by atoms with Gasteiger partial charge in [0.1, 0.15) is 5.82 Å². The average molecular weight is 421 g/mol. The number of benzene rings is 1. The van der Waals surface area contributed by atoms with Crippen molar-refractivity contribution in [1.29, 1.82) is 0 Å². The Kier molecular flexibility index (Phi) is 6.81. The van der Waals surface area contributed by atoms with Crippen molar-refractivity contribution < 1.29 is 22.3 Å². The predicted octanol–water partition coefficient (Wildman–Crippen LogP) is 2.44. The fourth-order valence-electron chi connectivity index (χ4n) is 3.20. The second-order valence-electron chi connectivity index (χ2n) is 6.76. The lowest BCUT2D eigenvalue weighted by molar-refractivity contribution is 0.0520. The summed E-state index contributed by atoms with van der Waals surface area (Å²) in [5.41, 5.74) is 2.38. The minimum absolute atomic E-state index is 0.152. The SMILES string of the molecule is CCOC(=O)c1ncc(Cc2ccc(F)cc2)cc1NCCN1CCCS1(=O)=O. The molecule has 29 heavy (non-hydrogen) atoms. The van der Waals surface area contributed by atoms with Crippen LogP contribution < -0.4 is 5.32 Å². The van der Waals surface area contributed by atoms with Gasteiger partial charge in [-0.2, -0.15) is 0 Å². The van der Waals surface area contributed by atoms with Crippen molar-refractivity contribution >= 4 is 21.7 Å². The fourth-order valence-corrected chi connectivity index (χ4v) is 4.73. The third-order valence-electron chi connectivity index (χ3n) is 4.61. The highest BCUT2D eigenvalue weighted by atomic mass is 32.2. The number of nitrogens with zero attached hydrogens (tertiary/aromatic N) is 2. The number of carbonyl (C=O) groups is 1. The van der Waals surface area contributed by atoms with E-state index in [2.05, 4.69) is 10.3 Å². The quantitative estimate of drug-likeness (QED) is 0.659. The molecule has 156 valence electrons. The number of hydrogen-bond donors (Lipinski definition) is 1. The number of sulfonamides is 1. The summed E-state index contributed by atoms with van der Waals surface area (Å²) in [6, 6.07) is 7.97. The maximum atomic E-state index is 13.1. The van der Waals surface area contributed by atoms with Gasteiger partial charge in [-0.05, 0) is 49.1 Å². The van der Waals surface area contributed by atoms with Crippen LogP contribution in [0.2, 0.25) is 0 Å². The normalized spacial score (nSPS) is 15.9. The topological polar surface area (TPSA) is 88.6 Å². The number of pyridine rings is 1. The smallest absolute Gasteiger partial charge is 0.359 e. The first-order valence-corrected chi connectivity index (χ1v) is 11.1. The van der Waals surface area contributed by atoms with Gasteiger partial charge in [0, 0.05) is 25.8 Å². The molecule has 0 saturated carbocycles. The predicted molar refractivity (Wildman–Crippen MR) is 108 cm³/mol. The Morgan fingerprint density at radius 2 is 2.03 bits per heavy atom. The van der Waals surface area contributed by atoms with Crippen LogP contribution in [0.1, 0.15) is 35.0 Å². The molecule has 0 radical (unpaired) electrons. The first-order valence-electron chi connectivity index (χ1n) is 9.51. The van der Waals surface area contributed by atoms with Gasteiger partial charge < -0.3 is 10.1 Å². The molecule has 1 saturated heterocycles. The van der Waals surface area contributed by atoms with E-state index in [1.807, 2.05) is 0 Å². The molecular weight excluding hydrogens is 397 g/mol. The van der Waals surface area contributed by atoms with Gasteiger partial charge in [0.05, 0.1) is 18.0 Å². The molecule has 1 fully saturated rings. The lowest BCUT2D eigenvalue weighted by Gasteiger charge is -2.16. The number of anilines is 1. The van der Waals surface area contributed by atoms with Gasteiger partial charge in [-0.25, -0.2) is 26.9 Å². The van der Waals surface area contributed by atoms with Gasteiger partial charge in [0.2, 0.25) is 10.0 Å². The van der Waals surface area contributed by atoms with E-state index in [0.29, 0.717) is 38.2 Å². The maximum Gasteiger partial charge on any atom is 0.359 e. The largest absolute Gasteiger partial charge is 0.461 e. The Bertz CT molecular complexity index is 964. The molecule has 2 heterocycles. The van der Waals surface area contributed by atoms with E-state index in [4.69, 9.17) is 4.74 Å². The van der Waals surface area contributed by atoms with Crippen LogP contribution in [0.25, 0.3) is 0 Å². The number of esters is 1. The summed E-state index contributed by atoms with van der Waals surface area (Å²) in [6.07, 6.45) is 2.74. The van der Waals surface area contributed by atoms with E-state index < -0.39 is 16.0 Å². The molecule has 1 aromatic carbocycles. The Morgan fingerprint density at radius 3 is 2.69 bits per heavy atom. The Morgan fingerprint density at radius 1 is 1.28 bits per heavy atom. The highest BCUT2D eigenvalue weighted by Gasteiger charge is 2.27. The zero-order valence-corrected chi connectivity index (χ0v) is 17.0. The van der Waals surface area contributed by atoms with Crippen molar-refractivity contribution in [2.24, 2.45) is 0 Å². The second-order valence-corrected chi connectivity index (χ2v) is 8.85. The molecule has 0 spiro atoms. The summed E-state index contributed by atoms with van der Waals surface area (Å²) < 4.78 is 43.5. The van der Waals surface area contributed by atoms with Crippen LogP contribution >= 0.6 is 0 Å². The summed E-state index contributed by atoms with van der Waals surface area (Å²) in [6.45, 7) is 3.10. The third-order valence-corrected chi connectivity index (χ3v) is 6.57. The molecule has 0 unspecified atom stereocenters.